The lowest BCUT2D eigenvalue weighted by Crippen LogP contribution is -2.17. The molecule has 1 atom stereocenters. The highest BCUT2D eigenvalue weighted by Crippen LogP contribution is 2.34. The predicted molar refractivity (Wildman–Crippen MR) is 83.0 cm³/mol. The molecule has 0 saturated heterocycles. The normalized spacial score (nSPS) is 12.2. The summed E-state index contributed by atoms with van der Waals surface area (Å²) in [6.07, 6.45) is 0.750. The summed E-state index contributed by atoms with van der Waals surface area (Å²) in [6, 6.07) is 9.83. The molecule has 0 heterocycles. The largest absolute Gasteiger partial charge is 0.455 e. The number of halogens is 3. The van der Waals surface area contributed by atoms with E-state index >= 15 is 0 Å². The van der Waals surface area contributed by atoms with Gasteiger partial charge in [0.2, 0.25) is 0 Å². The molecule has 5 heteroatoms. The van der Waals surface area contributed by atoms with Crippen LogP contribution in [0, 0.1) is 5.82 Å². The van der Waals surface area contributed by atoms with E-state index in [1.54, 1.807) is 12.1 Å². The minimum absolute atomic E-state index is 0.0732. The number of benzene rings is 2. The van der Waals surface area contributed by atoms with E-state index < -0.39 is 0 Å². The lowest BCUT2D eigenvalue weighted by Gasteiger charge is -2.11. The second-order valence-electron chi connectivity index (χ2n) is 4.62. The Labute approximate surface area is 130 Å². The Morgan fingerprint density at radius 1 is 1.25 bits per heavy atom. The molecule has 2 aromatic rings. The lowest BCUT2D eigenvalue weighted by molar-refractivity contribution is 0.477. The number of hydrogen-bond acceptors (Lipinski definition) is 2. The molecule has 0 aliphatic rings. The van der Waals surface area contributed by atoms with E-state index in [2.05, 4.69) is 15.9 Å². The molecule has 0 spiro atoms. The van der Waals surface area contributed by atoms with E-state index in [0.29, 0.717) is 21.0 Å². The molecule has 20 heavy (non-hydrogen) atoms. The summed E-state index contributed by atoms with van der Waals surface area (Å²) < 4.78 is 19.2. The summed E-state index contributed by atoms with van der Waals surface area (Å²) in [7, 11) is 0. The highest BCUT2D eigenvalue weighted by molar-refractivity contribution is 9.10. The molecule has 0 aliphatic carbocycles. The van der Waals surface area contributed by atoms with Gasteiger partial charge in [0, 0.05) is 6.04 Å². The average molecular weight is 359 g/mol. The molecular weight excluding hydrogens is 345 g/mol. The fraction of sp³-hybridized carbons (Fsp3) is 0.200. The molecule has 2 nitrogen and oxygen atoms in total. The monoisotopic (exact) mass is 357 g/mol. The molecule has 106 valence electrons. The van der Waals surface area contributed by atoms with Crippen LogP contribution in [0.15, 0.2) is 40.9 Å². The van der Waals surface area contributed by atoms with Crippen molar-refractivity contribution in [3.05, 3.63) is 57.3 Å². The van der Waals surface area contributed by atoms with Gasteiger partial charge in [0.15, 0.2) is 0 Å². The third-order valence-corrected chi connectivity index (χ3v) is 3.58. The fourth-order valence-corrected chi connectivity index (χ4v) is 2.48. The summed E-state index contributed by atoms with van der Waals surface area (Å²) >= 11 is 9.44. The molecule has 2 N–H and O–H groups in total. The number of rotatable bonds is 4. The van der Waals surface area contributed by atoms with Gasteiger partial charge in [0.1, 0.15) is 17.3 Å². The van der Waals surface area contributed by atoms with Crippen molar-refractivity contribution in [2.24, 2.45) is 5.73 Å². The van der Waals surface area contributed by atoms with Gasteiger partial charge in [-0.25, -0.2) is 4.39 Å². The maximum Gasteiger partial charge on any atom is 0.146 e. The van der Waals surface area contributed by atoms with Crippen LogP contribution in [-0.2, 0) is 6.42 Å². The number of nitrogens with two attached hydrogens (primary N) is 1. The smallest absolute Gasteiger partial charge is 0.146 e. The fourth-order valence-electron chi connectivity index (χ4n) is 1.80. The molecule has 0 bridgehead atoms. The van der Waals surface area contributed by atoms with Crippen molar-refractivity contribution < 1.29 is 9.13 Å². The van der Waals surface area contributed by atoms with Gasteiger partial charge in [-0.3, -0.25) is 0 Å². The van der Waals surface area contributed by atoms with Gasteiger partial charge in [0.25, 0.3) is 0 Å². The van der Waals surface area contributed by atoms with E-state index in [1.807, 2.05) is 19.1 Å². The van der Waals surface area contributed by atoms with Gasteiger partial charge in [-0.1, -0.05) is 17.7 Å². The molecule has 0 amide bonds. The van der Waals surface area contributed by atoms with Gasteiger partial charge in [0.05, 0.1) is 9.50 Å². The summed E-state index contributed by atoms with van der Waals surface area (Å²) in [4.78, 5) is 0. The van der Waals surface area contributed by atoms with Gasteiger partial charge in [-0.15, -0.1) is 0 Å². The first-order chi connectivity index (χ1) is 9.45. The molecule has 2 rings (SSSR count). The van der Waals surface area contributed by atoms with E-state index in [4.69, 9.17) is 22.1 Å². The Balaban J connectivity index is 2.21. The van der Waals surface area contributed by atoms with Crippen LogP contribution >= 0.6 is 27.5 Å². The van der Waals surface area contributed by atoms with E-state index in [9.17, 15) is 4.39 Å². The standard InChI is InChI=1S/C15H14BrClFNO/c1-9(19)6-10-2-4-15(13(17)7-10)20-14-5-3-11(18)8-12(14)16/h2-5,7-9H,6,19H2,1H3. The maximum absolute atomic E-state index is 13.0. The van der Waals surface area contributed by atoms with Crippen molar-refractivity contribution in [2.75, 3.05) is 0 Å². The van der Waals surface area contributed by atoms with E-state index in [-0.39, 0.29) is 11.9 Å². The van der Waals surface area contributed by atoms with Gasteiger partial charge < -0.3 is 10.5 Å². The third kappa shape index (κ3) is 3.95. The van der Waals surface area contributed by atoms with Crippen molar-refractivity contribution in [2.45, 2.75) is 19.4 Å². The van der Waals surface area contributed by atoms with Crippen LogP contribution in [-0.4, -0.2) is 6.04 Å². The first-order valence-electron chi connectivity index (χ1n) is 6.12. The molecule has 1 unspecified atom stereocenters. The summed E-state index contributed by atoms with van der Waals surface area (Å²) in [5.41, 5.74) is 6.81. The highest BCUT2D eigenvalue weighted by Gasteiger charge is 2.09. The summed E-state index contributed by atoms with van der Waals surface area (Å²) in [5.74, 6) is 0.697. The van der Waals surface area contributed by atoms with Crippen LogP contribution in [0.4, 0.5) is 4.39 Å². The van der Waals surface area contributed by atoms with Crippen molar-refractivity contribution in [1.29, 1.82) is 0 Å². The van der Waals surface area contributed by atoms with E-state index in [0.717, 1.165) is 12.0 Å². The SMILES string of the molecule is CC(N)Cc1ccc(Oc2ccc(F)cc2Br)c(Cl)c1. The van der Waals surface area contributed by atoms with Crippen LogP contribution in [0.2, 0.25) is 5.02 Å². The first kappa shape index (κ1) is 15.3. The predicted octanol–water partition coefficient (Wildman–Crippen LogP) is 4.92. The summed E-state index contributed by atoms with van der Waals surface area (Å²) in [5, 5.41) is 0.499. The molecule has 0 radical (unpaired) electrons. The highest BCUT2D eigenvalue weighted by atomic mass is 79.9. The Morgan fingerprint density at radius 3 is 2.55 bits per heavy atom. The van der Waals surface area contributed by atoms with Crippen LogP contribution in [0.25, 0.3) is 0 Å². The second kappa shape index (κ2) is 6.57. The Kier molecular flexibility index (Phi) is 5.02. The number of hydrogen-bond donors (Lipinski definition) is 1. The second-order valence-corrected chi connectivity index (χ2v) is 5.88. The molecule has 0 fully saturated rings. The molecule has 0 aliphatic heterocycles. The van der Waals surface area contributed by atoms with Crippen molar-refractivity contribution in [1.82, 2.24) is 0 Å². The van der Waals surface area contributed by atoms with Crippen molar-refractivity contribution in [3.63, 3.8) is 0 Å². The Hall–Kier alpha value is -1.10. The van der Waals surface area contributed by atoms with Gasteiger partial charge >= 0.3 is 0 Å². The Morgan fingerprint density at radius 2 is 1.95 bits per heavy atom. The van der Waals surface area contributed by atoms with Crippen LogP contribution < -0.4 is 10.5 Å². The van der Waals surface area contributed by atoms with Gasteiger partial charge in [-0.05, 0) is 65.2 Å². The molecule has 0 aromatic heterocycles. The average Bonchev–Trinajstić information content (AvgIpc) is 2.34. The van der Waals surface area contributed by atoms with Crippen LogP contribution in [0.1, 0.15) is 12.5 Å². The maximum atomic E-state index is 13.0. The lowest BCUT2D eigenvalue weighted by atomic mass is 10.1. The topological polar surface area (TPSA) is 35.2 Å². The number of ether oxygens (including phenoxy) is 1. The van der Waals surface area contributed by atoms with Crippen molar-refractivity contribution in [3.8, 4) is 11.5 Å². The summed E-state index contributed by atoms with van der Waals surface area (Å²) in [6.45, 7) is 1.94. The molecule has 2 aromatic carbocycles. The quantitative estimate of drug-likeness (QED) is 0.841. The molecular formula is C15H14BrClFNO. The van der Waals surface area contributed by atoms with Gasteiger partial charge in [-0.2, -0.15) is 0 Å². The van der Waals surface area contributed by atoms with E-state index in [1.165, 1.54) is 12.1 Å². The van der Waals surface area contributed by atoms with Crippen molar-refractivity contribution >= 4 is 27.5 Å². The Bertz CT molecular complexity index is 619. The minimum atomic E-state index is -0.331. The zero-order valence-electron chi connectivity index (χ0n) is 10.9. The third-order valence-electron chi connectivity index (χ3n) is 2.67. The first-order valence-corrected chi connectivity index (χ1v) is 7.29. The molecule has 0 saturated carbocycles. The van der Waals surface area contributed by atoms with Crippen LogP contribution in [0.3, 0.4) is 0 Å². The zero-order valence-corrected chi connectivity index (χ0v) is 13.2. The zero-order chi connectivity index (χ0) is 14.7. The minimum Gasteiger partial charge on any atom is -0.455 e. The van der Waals surface area contributed by atoms with Crippen LogP contribution in [0.5, 0.6) is 11.5 Å².